The van der Waals surface area contributed by atoms with Crippen LogP contribution in [0, 0.1) is 0 Å². The van der Waals surface area contributed by atoms with Crippen molar-refractivity contribution in [3.05, 3.63) is 114 Å². The van der Waals surface area contributed by atoms with Crippen LogP contribution in [-0.2, 0) is 57.6 Å². The van der Waals surface area contributed by atoms with Crippen molar-refractivity contribution < 1.29 is 48.6 Å². The largest absolute Gasteiger partial charge is 0.508 e. The quantitative estimate of drug-likeness (QED) is 0.0267. The molecule has 17 N–H and O–H groups in total. The first-order valence-electron chi connectivity index (χ1n) is 23.6. The Morgan fingerprint density at radius 1 is 0.757 bits per heavy atom. The van der Waals surface area contributed by atoms with E-state index in [1.807, 2.05) is 36.4 Å². The summed E-state index contributed by atoms with van der Waals surface area (Å²) in [6.45, 7) is 1.73. The SMILES string of the molecule is CC1(C)SSCC(C(=O)N[C@@H](CCCN=C(N)N)C(N)=O)NC(=O)[C@H](Cc2ccccc2)NC(=O)[C@H](CO)NC(=O)CNC(=O)[C@H](Cc2ccc3ccccc3c2)NC(=O)[C@@H]1NC(=O)[C@@H](N)Cc1ccc(O)cc1. The number of nitrogens with two attached hydrogens (primary N) is 4. The van der Waals surface area contributed by atoms with Crippen LogP contribution in [0.25, 0.3) is 10.8 Å². The number of primary amides is 1. The van der Waals surface area contributed by atoms with E-state index in [0.29, 0.717) is 16.7 Å². The van der Waals surface area contributed by atoms with Gasteiger partial charge in [-0.1, -0.05) is 107 Å². The molecule has 1 heterocycles. The van der Waals surface area contributed by atoms with E-state index in [1.54, 1.807) is 62.4 Å². The highest BCUT2D eigenvalue weighted by Gasteiger charge is 2.41. The summed E-state index contributed by atoms with van der Waals surface area (Å²) in [7, 11) is 2.06. The van der Waals surface area contributed by atoms with Crippen molar-refractivity contribution in [2.75, 3.05) is 25.4 Å². The number of fused-ring (bicyclic) bond motifs is 1. The van der Waals surface area contributed by atoms with Gasteiger partial charge in [0.2, 0.25) is 47.3 Å². The van der Waals surface area contributed by atoms with Crippen LogP contribution in [0.15, 0.2) is 102 Å². The van der Waals surface area contributed by atoms with E-state index in [9.17, 15) is 48.6 Å². The Balaban J connectivity index is 1.54. The average molecular weight is 1060 g/mol. The second kappa shape index (κ2) is 27.6. The van der Waals surface area contributed by atoms with E-state index in [1.165, 1.54) is 12.1 Å². The fourth-order valence-electron chi connectivity index (χ4n) is 7.73. The molecule has 0 spiro atoms. The molecule has 8 amide bonds. The molecule has 22 nitrogen and oxygen atoms in total. The zero-order valence-corrected chi connectivity index (χ0v) is 42.5. The molecule has 74 heavy (non-hydrogen) atoms. The summed E-state index contributed by atoms with van der Waals surface area (Å²) in [5.74, 6) is -7.32. The topological polar surface area (TPSA) is 378 Å². The van der Waals surface area contributed by atoms with Crippen molar-refractivity contribution in [3.8, 4) is 5.75 Å². The third-order valence-corrected chi connectivity index (χ3v) is 15.1. The van der Waals surface area contributed by atoms with Crippen molar-refractivity contribution in [3.63, 3.8) is 0 Å². The van der Waals surface area contributed by atoms with Crippen LogP contribution < -0.4 is 60.2 Å². The third kappa shape index (κ3) is 17.7. The number of aliphatic hydroxyl groups is 1. The predicted molar refractivity (Wildman–Crippen MR) is 282 cm³/mol. The monoisotopic (exact) mass is 1060 g/mol. The molecule has 1 unspecified atom stereocenters. The number of amides is 8. The summed E-state index contributed by atoms with van der Waals surface area (Å²) in [6.07, 6.45) is 0.0444. The maximum Gasteiger partial charge on any atom is 0.245 e. The molecule has 0 aliphatic carbocycles. The van der Waals surface area contributed by atoms with Gasteiger partial charge in [-0.3, -0.25) is 43.3 Å². The number of phenols is 1. The van der Waals surface area contributed by atoms with Gasteiger partial charge in [-0.15, -0.1) is 0 Å². The fraction of sp³-hybridized carbons (Fsp3) is 0.380. The molecular formula is C50H64N12O10S2. The molecule has 0 aromatic heterocycles. The smallest absolute Gasteiger partial charge is 0.245 e. The molecule has 396 valence electrons. The van der Waals surface area contributed by atoms with E-state index < -0.39 is 107 Å². The number of guanidine groups is 1. The van der Waals surface area contributed by atoms with Gasteiger partial charge < -0.3 is 70.4 Å². The van der Waals surface area contributed by atoms with Gasteiger partial charge >= 0.3 is 0 Å². The van der Waals surface area contributed by atoms with Gasteiger partial charge in [-0.2, -0.15) is 0 Å². The number of aliphatic imine (C=N–C) groups is 1. The highest BCUT2D eigenvalue weighted by Crippen LogP contribution is 2.39. The molecule has 1 fully saturated rings. The number of aromatic hydroxyl groups is 1. The lowest BCUT2D eigenvalue weighted by Crippen LogP contribution is -2.62. The lowest BCUT2D eigenvalue weighted by Gasteiger charge is -2.35. The molecule has 5 rings (SSSR count). The predicted octanol–water partition coefficient (Wildman–Crippen LogP) is -1.37. The van der Waals surface area contributed by atoms with Gasteiger partial charge in [-0.05, 0) is 72.7 Å². The fourth-order valence-corrected chi connectivity index (χ4v) is 10.5. The average Bonchev–Trinajstić information content (AvgIpc) is 3.36. The van der Waals surface area contributed by atoms with E-state index in [0.717, 1.165) is 32.4 Å². The lowest BCUT2D eigenvalue weighted by molar-refractivity contribution is -0.135. The second-order valence-corrected chi connectivity index (χ2v) is 21.1. The van der Waals surface area contributed by atoms with E-state index in [2.05, 4.69) is 42.2 Å². The number of nitrogens with one attached hydrogen (secondary N) is 7. The number of hydrogen-bond donors (Lipinski definition) is 13. The molecule has 1 saturated heterocycles. The first-order chi connectivity index (χ1) is 35.2. The molecule has 1 aliphatic rings. The number of carbonyl (C=O) groups excluding carboxylic acids is 8. The standard InChI is InChI=1S/C50H64N12O10S2/c1-50(2)41(62-43(67)34(51)22-29-15-18-33(64)19-16-29)48(72)60-36(24-30-14-17-31-11-6-7-12-32(31)21-30)44(68)56-25-40(65)57-38(26-63)46(70)59-37(23-28-9-4-3-5-10-28)45(69)61-39(27-73-74-50)47(71)58-35(42(52)66)13-8-20-55-49(53)54/h3-7,9-12,14-19,21,34-39,41,63-64H,8,13,20,22-27,51H2,1-2H3,(H2,52,66)(H,56,68)(H,57,65)(H,58,71)(H,59,70)(H,60,72)(H,61,69)(H,62,67)(H4,53,54,55)/t34-,35-,36-,37-,38-,39?,41-/m0/s1. The minimum atomic E-state index is -1.63. The molecule has 0 bridgehead atoms. The molecule has 24 heteroatoms. The normalized spacial score (nSPS) is 21.0. The van der Waals surface area contributed by atoms with Crippen LogP contribution in [0.5, 0.6) is 5.75 Å². The summed E-state index contributed by atoms with van der Waals surface area (Å²) in [6, 6.07) is 17.8. The van der Waals surface area contributed by atoms with Gasteiger partial charge in [0.15, 0.2) is 5.96 Å². The maximum atomic E-state index is 14.8. The van der Waals surface area contributed by atoms with E-state index in [-0.39, 0.29) is 56.1 Å². The Hall–Kier alpha value is -7.41. The van der Waals surface area contributed by atoms with Gasteiger partial charge in [0.25, 0.3) is 0 Å². The Morgan fingerprint density at radius 3 is 2.05 bits per heavy atom. The third-order valence-electron chi connectivity index (χ3n) is 11.8. The molecule has 0 radical (unpaired) electrons. The van der Waals surface area contributed by atoms with Crippen LogP contribution in [-0.4, -0.2) is 136 Å². The Kier molecular flexibility index (Phi) is 21.4. The second-order valence-electron chi connectivity index (χ2n) is 18.1. The zero-order valence-electron chi connectivity index (χ0n) is 40.9. The highest BCUT2D eigenvalue weighted by atomic mass is 33.1. The molecule has 4 aromatic rings. The summed E-state index contributed by atoms with van der Waals surface area (Å²) >= 11 is 0. The Morgan fingerprint density at radius 2 is 1.38 bits per heavy atom. The number of phenolic OH excluding ortho intramolecular Hbond substituents is 1. The number of rotatable bonds is 16. The highest BCUT2D eigenvalue weighted by molar-refractivity contribution is 8.77. The van der Waals surface area contributed by atoms with Crippen LogP contribution in [0.4, 0.5) is 0 Å². The zero-order chi connectivity index (χ0) is 54.0. The number of carbonyl (C=O) groups is 8. The van der Waals surface area contributed by atoms with Crippen LogP contribution in [0.1, 0.15) is 43.4 Å². The number of nitrogens with zero attached hydrogens (tertiary/aromatic N) is 1. The van der Waals surface area contributed by atoms with Gasteiger partial charge in [0, 0.05) is 29.9 Å². The summed E-state index contributed by atoms with van der Waals surface area (Å²) in [5, 5.41) is 40.1. The van der Waals surface area contributed by atoms with Crippen LogP contribution in [0.3, 0.4) is 0 Å². The van der Waals surface area contributed by atoms with Gasteiger partial charge in [0.1, 0.15) is 42.0 Å². The lowest BCUT2D eigenvalue weighted by atomic mass is 9.98. The molecular weight excluding hydrogens is 993 g/mol. The van der Waals surface area contributed by atoms with Crippen molar-refractivity contribution >= 4 is 85.6 Å². The first kappa shape index (κ1) is 57.5. The van der Waals surface area contributed by atoms with Crippen molar-refractivity contribution in [1.29, 1.82) is 0 Å². The number of aliphatic hydroxyl groups excluding tert-OH is 1. The summed E-state index contributed by atoms with van der Waals surface area (Å²) < 4.78 is -1.32. The first-order valence-corrected chi connectivity index (χ1v) is 25.9. The number of hydrogen-bond acceptors (Lipinski definition) is 14. The maximum absolute atomic E-state index is 14.8. The molecule has 0 saturated carbocycles. The van der Waals surface area contributed by atoms with Crippen molar-refractivity contribution in [2.24, 2.45) is 27.9 Å². The van der Waals surface area contributed by atoms with E-state index >= 15 is 0 Å². The van der Waals surface area contributed by atoms with Gasteiger partial charge in [-0.25, -0.2) is 0 Å². The minimum Gasteiger partial charge on any atom is -0.508 e. The van der Waals surface area contributed by atoms with Crippen molar-refractivity contribution in [1.82, 2.24) is 37.2 Å². The van der Waals surface area contributed by atoms with Gasteiger partial charge in [0.05, 0.1) is 19.2 Å². The molecule has 1 aliphatic heterocycles. The number of benzene rings is 4. The van der Waals surface area contributed by atoms with Crippen LogP contribution >= 0.6 is 21.6 Å². The van der Waals surface area contributed by atoms with E-state index in [4.69, 9.17) is 22.9 Å². The minimum absolute atomic E-state index is 0.00512. The summed E-state index contributed by atoms with van der Waals surface area (Å²) in [4.78, 5) is 115. The molecule has 7 atom stereocenters. The van der Waals surface area contributed by atoms with Crippen LogP contribution in [0.2, 0.25) is 0 Å². The molecule has 4 aromatic carbocycles. The Bertz CT molecular complexity index is 2660. The Labute approximate surface area is 435 Å². The van der Waals surface area contributed by atoms with Crippen molar-refractivity contribution in [2.45, 2.75) is 93.0 Å². The summed E-state index contributed by atoms with van der Waals surface area (Å²) in [5.41, 5.74) is 24.8.